The van der Waals surface area contributed by atoms with Crippen LogP contribution in [0.5, 0.6) is 0 Å². The van der Waals surface area contributed by atoms with E-state index in [4.69, 9.17) is 9.84 Å². The number of carbonyl (C=O) groups is 2. The molecule has 1 unspecified atom stereocenters. The molecule has 1 aromatic heterocycles. The van der Waals surface area contributed by atoms with E-state index >= 15 is 0 Å². The third kappa shape index (κ3) is 4.12. The van der Waals surface area contributed by atoms with Gasteiger partial charge >= 0.3 is 5.97 Å². The predicted octanol–water partition coefficient (Wildman–Crippen LogP) is 1.81. The maximum absolute atomic E-state index is 11.8. The molecule has 0 aliphatic heterocycles. The molecule has 0 spiro atoms. The fourth-order valence-electron chi connectivity index (χ4n) is 1.38. The van der Waals surface area contributed by atoms with Crippen LogP contribution in [0.4, 0.5) is 0 Å². The number of carboxylic acid groups (broad SMARTS) is 1. The first-order valence-corrected chi connectivity index (χ1v) is 6.34. The summed E-state index contributed by atoms with van der Waals surface area (Å²) in [6.07, 6.45) is 0.110. The standard InChI is InChI=1S/C12H17NO4S/c1-12(2,17-3)7-9(14)13-10(11(15)16)8-5-4-6-18-8/h4-6,10H,7H2,1-3H3,(H,13,14)(H,15,16). The van der Waals surface area contributed by atoms with Crippen molar-refractivity contribution < 1.29 is 19.4 Å². The van der Waals surface area contributed by atoms with Gasteiger partial charge in [-0.1, -0.05) is 6.07 Å². The molecule has 1 rings (SSSR count). The van der Waals surface area contributed by atoms with E-state index in [1.165, 1.54) is 18.4 Å². The molecule has 0 saturated heterocycles. The molecule has 1 amide bonds. The van der Waals surface area contributed by atoms with E-state index in [1.807, 2.05) is 0 Å². The molecular weight excluding hydrogens is 254 g/mol. The van der Waals surface area contributed by atoms with Crippen molar-refractivity contribution in [3.63, 3.8) is 0 Å². The van der Waals surface area contributed by atoms with Gasteiger partial charge < -0.3 is 15.2 Å². The summed E-state index contributed by atoms with van der Waals surface area (Å²) in [5, 5.41) is 13.4. The molecule has 0 radical (unpaired) electrons. The first-order chi connectivity index (χ1) is 8.35. The van der Waals surface area contributed by atoms with Gasteiger partial charge in [0.1, 0.15) is 0 Å². The molecule has 0 aromatic carbocycles. The summed E-state index contributed by atoms with van der Waals surface area (Å²) in [7, 11) is 1.52. The van der Waals surface area contributed by atoms with E-state index in [-0.39, 0.29) is 12.3 Å². The molecular formula is C12H17NO4S. The highest BCUT2D eigenvalue weighted by atomic mass is 32.1. The number of hydrogen-bond acceptors (Lipinski definition) is 4. The Balaban J connectivity index is 2.69. The van der Waals surface area contributed by atoms with E-state index in [1.54, 1.807) is 31.4 Å². The molecule has 0 saturated carbocycles. The highest BCUT2D eigenvalue weighted by molar-refractivity contribution is 7.10. The van der Waals surface area contributed by atoms with Gasteiger partial charge in [-0.2, -0.15) is 0 Å². The summed E-state index contributed by atoms with van der Waals surface area (Å²) in [5.41, 5.74) is -0.609. The van der Waals surface area contributed by atoms with Crippen LogP contribution in [0.15, 0.2) is 17.5 Å². The van der Waals surface area contributed by atoms with Crippen LogP contribution in [-0.4, -0.2) is 29.7 Å². The van der Waals surface area contributed by atoms with Gasteiger partial charge in [0, 0.05) is 12.0 Å². The predicted molar refractivity (Wildman–Crippen MR) is 68.5 cm³/mol. The van der Waals surface area contributed by atoms with E-state index in [9.17, 15) is 9.59 Å². The smallest absolute Gasteiger partial charge is 0.331 e. The Bertz CT molecular complexity index is 414. The number of methoxy groups -OCH3 is 1. The molecule has 0 aliphatic rings. The number of hydrogen-bond donors (Lipinski definition) is 2. The molecule has 1 atom stereocenters. The van der Waals surface area contributed by atoms with Crippen molar-refractivity contribution in [2.45, 2.75) is 31.9 Å². The summed E-state index contributed by atoms with van der Waals surface area (Å²) >= 11 is 1.30. The summed E-state index contributed by atoms with van der Waals surface area (Å²) in [6, 6.07) is 2.44. The third-order valence-electron chi connectivity index (χ3n) is 2.52. The van der Waals surface area contributed by atoms with Gasteiger partial charge in [-0.3, -0.25) is 4.79 Å². The molecule has 5 nitrogen and oxygen atoms in total. The van der Waals surface area contributed by atoms with Gasteiger partial charge in [0.25, 0.3) is 0 Å². The average molecular weight is 271 g/mol. The van der Waals surface area contributed by atoms with Crippen LogP contribution in [0.1, 0.15) is 31.2 Å². The van der Waals surface area contributed by atoms with Gasteiger partial charge in [-0.15, -0.1) is 11.3 Å². The quantitative estimate of drug-likeness (QED) is 0.827. The number of ether oxygens (including phenoxy) is 1. The van der Waals surface area contributed by atoms with Crippen LogP contribution in [0.25, 0.3) is 0 Å². The van der Waals surface area contributed by atoms with E-state index in [0.29, 0.717) is 4.88 Å². The SMILES string of the molecule is COC(C)(C)CC(=O)NC(C(=O)O)c1cccs1. The minimum atomic E-state index is -1.07. The molecule has 100 valence electrons. The average Bonchev–Trinajstić information content (AvgIpc) is 2.78. The van der Waals surface area contributed by atoms with Crippen molar-refractivity contribution in [1.82, 2.24) is 5.32 Å². The van der Waals surface area contributed by atoms with E-state index in [2.05, 4.69) is 5.32 Å². The lowest BCUT2D eigenvalue weighted by atomic mass is 10.0. The van der Waals surface area contributed by atoms with E-state index < -0.39 is 17.6 Å². The second-order valence-corrected chi connectivity index (χ2v) is 5.47. The molecule has 1 aromatic rings. The van der Waals surface area contributed by atoms with Crippen molar-refractivity contribution in [1.29, 1.82) is 0 Å². The first-order valence-electron chi connectivity index (χ1n) is 5.46. The van der Waals surface area contributed by atoms with Crippen molar-refractivity contribution in [2.75, 3.05) is 7.11 Å². The zero-order valence-corrected chi connectivity index (χ0v) is 11.4. The van der Waals surface area contributed by atoms with Crippen molar-refractivity contribution in [3.05, 3.63) is 22.4 Å². The van der Waals surface area contributed by atoms with Crippen LogP contribution in [0.2, 0.25) is 0 Å². The van der Waals surface area contributed by atoms with Gasteiger partial charge in [-0.25, -0.2) is 4.79 Å². The third-order valence-corrected chi connectivity index (χ3v) is 3.46. The normalized spacial score (nSPS) is 13.1. The molecule has 2 N–H and O–H groups in total. The monoisotopic (exact) mass is 271 g/mol. The zero-order chi connectivity index (χ0) is 13.8. The second-order valence-electron chi connectivity index (χ2n) is 4.49. The Hall–Kier alpha value is -1.40. The fourth-order valence-corrected chi connectivity index (χ4v) is 2.15. The Morgan fingerprint density at radius 1 is 1.56 bits per heavy atom. The van der Waals surface area contributed by atoms with Crippen LogP contribution in [-0.2, 0) is 14.3 Å². The minimum Gasteiger partial charge on any atom is -0.479 e. The summed E-state index contributed by atoms with van der Waals surface area (Å²) in [4.78, 5) is 23.5. The number of carboxylic acids is 1. The lowest BCUT2D eigenvalue weighted by Gasteiger charge is -2.23. The maximum Gasteiger partial charge on any atom is 0.331 e. The van der Waals surface area contributed by atoms with Gasteiger partial charge in [0.05, 0.1) is 12.0 Å². The number of rotatable bonds is 6. The zero-order valence-electron chi connectivity index (χ0n) is 10.6. The van der Waals surface area contributed by atoms with Crippen molar-refractivity contribution in [3.8, 4) is 0 Å². The lowest BCUT2D eigenvalue weighted by Crippen LogP contribution is -2.38. The maximum atomic E-state index is 11.8. The van der Waals surface area contributed by atoms with Crippen LogP contribution < -0.4 is 5.32 Å². The van der Waals surface area contributed by atoms with E-state index in [0.717, 1.165) is 0 Å². The Morgan fingerprint density at radius 3 is 2.67 bits per heavy atom. The fraction of sp³-hybridized carbons (Fsp3) is 0.500. The molecule has 1 heterocycles. The number of carbonyl (C=O) groups excluding carboxylic acids is 1. The summed E-state index contributed by atoms with van der Waals surface area (Å²) < 4.78 is 5.14. The topological polar surface area (TPSA) is 75.6 Å². The van der Waals surface area contributed by atoms with Gasteiger partial charge in [-0.05, 0) is 25.3 Å². The number of thiophene rings is 1. The number of aliphatic carboxylic acids is 1. The van der Waals surface area contributed by atoms with Crippen molar-refractivity contribution in [2.24, 2.45) is 0 Å². The molecule has 0 aliphatic carbocycles. The van der Waals surface area contributed by atoms with Gasteiger partial charge in [0.15, 0.2) is 6.04 Å². The second kappa shape index (κ2) is 5.97. The van der Waals surface area contributed by atoms with Crippen LogP contribution in [0.3, 0.4) is 0 Å². The Labute approximate surface area is 110 Å². The molecule has 18 heavy (non-hydrogen) atoms. The van der Waals surface area contributed by atoms with Crippen LogP contribution >= 0.6 is 11.3 Å². The highest BCUT2D eigenvalue weighted by Gasteiger charge is 2.27. The molecule has 0 bridgehead atoms. The summed E-state index contributed by atoms with van der Waals surface area (Å²) in [6.45, 7) is 3.54. The van der Waals surface area contributed by atoms with Crippen LogP contribution in [0, 0.1) is 0 Å². The van der Waals surface area contributed by atoms with Crippen molar-refractivity contribution >= 4 is 23.2 Å². The molecule has 0 fully saturated rings. The lowest BCUT2D eigenvalue weighted by molar-refractivity contribution is -0.142. The number of amides is 1. The Kier molecular flexibility index (Phi) is 4.86. The number of nitrogens with one attached hydrogen (secondary N) is 1. The largest absolute Gasteiger partial charge is 0.479 e. The highest BCUT2D eigenvalue weighted by Crippen LogP contribution is 2.20. The first kappa shape index (κ1) is 14.7. The summed E-state index contributed by atoms with van der Waals surface area (Å²) in [5.74, 6) is -1.41. The van der Waals surface area contributed by atoms with Gasteiger partial charge in [0.2, 0.25) is 5.91 Å². The Morgan fingerprint density at radius 2 is 2.22 bits per heavy atom. The minimum absolute atomic E-state index is 0.110. The molecule has 6 heteroatoms.